The van der Waals surface area contributed by atoms with Crippen LogP contribution < -0.4 is 0 Å². The summed E-state index contributed by atoms with van der Waals surface area (Å²) in [6.07, 6.45) is -18.5. The SMILES string of the molecule is O=C(O)O[C@H]1[C@H](O[C@H]2[C@H](O)[C@@H](O)[C@H](O)O[C@@H]2CO)O[C@H](CO)[C@H](O)[C@@H]1O.[MgH2]. The molecule has 2 aliphatic rings. The number of aliphatic hydroxyl groups excluding tert-OH is 7. The molecule has 0 radical (unpaired) electrons. The van der Waals surface area contributed by atoms with Gasteiger partial charge >= 0.3 is 29.2 Å². The van der Waals surface area contributed by atoms with Crippen molar-refractivity contribution >= 4 is 29.2 Å². The average Bonchev–Trinajstić information content (AvgIpc) is 2.60. The Morgan fingerprint density at radius 3 is 1.89 bits per heavy atom. The first kappa shape index (κ1) is 24.7. The van der Waals surface area contributed by atoms with E-state index in [1.54, 1.807) is 0 Å². The van der Waals surface area contributed by atoms with Gasteiger partial charge < -0.3 is 59.8 Å². The molecule has 14 heteroatoms. The summed E-state index contributed by atoms with van der Waals surface area (Å²) in [5.74, 6) is 0. The zero-order chi connectivity index (χ0) is 19.6. The first-order valence-corrected chi connectivity index (χ1v) is 7.69. The van der Waals surface area contributed by atoms with Gasteiger partial charge in [0.15, 0.2) is 18.7 Å². The van der Waals surface area contributed by atoms with Crippen molar-refractivity contribution in [2.24, 2.45) is 0 Å². The van der Waals surface area contributed by atoms with Gasteiger partial charge in [-0.1, -0.05) is 0 Å². The highest BCUT2D eigenvalue weighted by Crippen LogP contribution is 2.29. The van der Waals surface area contributed by atoms with Gasteiger partial charge in [0.05, 0.1) is 13.2 Å². The molecule has 0 saturated carbocycles. The summed E-state index contributed by atoms with van der Waals surface area (Å²) in [6.45, 7) is -1.51. The van der Waals surface area contributed by atoms with E-state index in [0.717, 1.165) is 0 Å². The maximum atomic E-state index is 10.8. The average molecular weight is 413 g/mol. The molecule has 156 valence electrons. The number of ether oxygens (including phenoxy) is 4. The molecule has 27 heavy (non-hydrogen) atoms. The number of aliphatic hydroxyl groups is 7. The van der Waals surface area contributed by atoms with Gasteiger partial charge in [-0.15, -0.1) is 0 Å². The third-order valence-electron chi connectivity index (χ3n) is 4.19. The number of rotatable bonds is 5. The largest absolute Gasteiger partial charge is 0.506 e. The second-order valence-electron chi connectivity index (χ2n) is 5.88. The van der Waals surface area contributed by atoms with Crippen LogP contribution in [0.25, 0.3) is 0 Å². The summed E-state index contributed by atoms with van der Waals surface area (Å²) in [5, 5.41) is 76.3. The molecule has 0 unspecified atom stereocenters. The highest BCUT2D eigenvalue weighted by atomic mass is 24.3. The number of hydrogen-bond acceptors (Lipinski definition) is 12. The Morgan fingerprint density at radius 1 is 0.815 bits per heavy atom. The molecular formula is C13H24MgO13. The molecule has 2 heterocycles. The minimum absolute atomic E-state index is 0. The monoisotopic (exact) mass is 412 g/mol. The van der Waals surface area contributed by atoms with Crippen molar-refractivity contribution in [3.63, 3.8) is 0 Å². The lowest BCUT2D eigenvalue weighted by atomic mass is 9.97. The number of carboxylic acid groups (broad SMARTS) is 1. The van der Waals surface area contributed by atoms with Gasteiger partial charge in [-0.25, -0.2) is 4.79 Å². The predicted octanol–water partition coefficient (Wildman–Crippen LogP) is -5.61. The van der Waals surface area contributed by atoms with E-state index in [9.17, 15) is 40.5 Å². The van der Waals surface area contributed by atoms with Crippen LogP contribution in [-0.4, -0.2) is 145 Å². The molecule has 0 bridgehead atoms. The van der Waals surface area contributed by atoms with Crippen LogP contribution >= 0.6 is 0 Å². The van der Waals surface area contributed by atoms with E-state index in [1.807, 2.05) is 0 Å². The van der Waals surface area contributed by atoms with Crippen molar-refractivity contribution < 1.29 is 64.6 Å². The minimum atomic E-state index is -1.84. The Hall–Kier alpha value is -0.364. The fourth-order valence-corrected chi connectivity index (χ4v) is 2.80. The molecule has 2 fully saturated rings. The smallest absolute Gasteiger partial charge is 0.450 e. The quantitative estimate of drug-likeness (QED) is 0.156. The summed E-state index contributed by atoms with van der Waals surface area (Å²) in [6, 6.07) is 0. The number of carbonyl (C=O) groups is 1. The van der Waals surface area contributed by atoms with Gasteiger partial charge in [-0.2, -0.15) is 0 Å². The maximum Gasteiger partial charge on any atom is 0.506 e. The van der Waals surface area contributed by atoms with E-state index in [4.69, 9.17) is 19.3 Å². The van der Waals surface area contributed by atoms with E-state index in [1.165, 1.54) is 0 Å². The van der Waals surface area contributed by atoms with E-state index >= 15 is 0 Å². The molecular weight excluding hydrogens is 388 g/mol. The van der Waals surface area contributed by atoms with Crippen LogP contribution in [0.15, 0.2) is 0 Å². The van der Waals surface area contributed by atoms with Gasteiger partial charge in [-0.3, -0.25) is 0 Å². The Bertz CT molecular complexity index is 479. The minimum Gasteiger partial charge on any atom is -0.450 e. The summed E-state index contributed by atoms with van der Waals surface area (Å²) in [5.41, 5.74) is 0. The third-order valence-corrected chi connectivity index (χ3v) is 4.19. The van der Waals surface area contributed by atoms with Crippen molar-refractivity contribution in [3.8, 4) is 0 Å². The van der Waals surface area contributed by atoms with Crippen molar-refractivity contribution in [1.29, 1.82) is 0 Å². The fourth-order valence-electron chi connectivity index (χ4n) is 2.80. The zero-order valence-electron chi connectivity index (χ0n) is 13.3. The normalized spacial score (nSPS) is 45.0. The second-order valence-corrected chi connectivity index (χ2v) is 5.88. The zero-order valence-corrected chi connectivity index (χ0v) is 13.3. The van der Waals surface area contributed by atoms with Crippen molar-refractivity contribution in [2.75, 3.05) is 13.2 Å². The van der Waals surface area contributed by atoms with Gasteiger partial charge in [0.25, 0.3) is 0 Å². The van der Waals surface area contributed by atoms with E-state index in [0.29, 0.717) is 0 Å². The molecule has 8 N–H and O–H groups in total. The molecule has 2 saturated heterocycles. The first-order chi connectivity index (χ1) is 12.2. The fraction of sp³-hybridized carbons (Fsp3) is 0.923. The Morgan fingerprint density at radius 2 is 1.37 bits per heavy atom. The standard InChI is InChI=1S/C13H22O13.Mg.2H/c14-1-3-5(16)6(17)10(26-13(21)22)12(24-3)25-9-4(2-15)23-11(20)8(19)7(9)18;;;/h3-12,14-20H,1-2H2,(H,21,22);;;/t3-,4-,5+,6+,7-,8-,9-,10-,11-,12+;;;/m1.../s1. The Labute approximate surface area is 168 Å². The molecule has 0 amide bonds. The molecule has 2 rings (SSSR count). The molecule has 0 spiro atoms. The Balaban J connectivity index is 0.00000364. The highest BCUT2D eigenvalue weighted by Gasteiger charge is 2.51. The lowest BCUT2D eigenvalue weighted by Gasteiger charge is -2.45. The predicted molar refractivity (Wildman–Crippen MR) is 84.1 cm³/mol. The van der Waals surface area contributed by atoms with Gasteiger partial charge in [0.2, 0.25) is 0 Å². The Kier molecular flexibility index (Phi) is 9.53. The van der Waals surface area contributed by atoms with E-state index < -0.39 is 80.8 Å². The molecule has 0 aliphatic carbocycles. The van der Waals surface area contributed by atoms with Crippen LogP contribution in [0.4, 0.5) is 4.79 Å². The van der Waals surface area contributed by atoms with Crippen LogP contribution in [0.1, 0.15) is 0 Å². The van der Waals surface area contributed by atoms with Crippen molar-refractivity contribution in [2.45, 2.75) is 61.4 Å². The van der Waals surface area contributed by atoms with Crippen molar-refractivity contribution in [1.82, 2.24) is 0 Å². The summed E-state index contributed by atoms with van der Waals surface area (Å²) < 4.78 is 19.8. The molecule has 0 aromatic heterocycles. The van der Waals surface area contributed by atoms with Crippen LogP contribution in [0.3, 0.4) is 0 Å². The lowest BCUT2D eigenvalue weighted by molar-refractivity contribution is -0.355. The van der Waals surface area contributed by atoms with Gasteiger partial charge in [0.1, 0.15) is 42.7 Å². The van der Waals surface area contributed by atoms with Gasteiger partial charge in [0, 0.05) is 0 Å². The van der Waals surface area contributed by atoms with Gasteiger partial charge in [-0.05, 0) is 0 Å². The third kappa shape index (κ3) is 5.37. The van der Waals surface area contributed by atoms with Crippen molar-refractivity contribution in [3.05, 3.63) is 0 Å². The number of hydrogen-bond donors (Lipinski definition) is 8. The molecule has 10 atom stereocenters. The van der Waals surface area contributed by atoms with E-state index in [2.05, 4.69) is 4.74 Å². The topological polar surface area (TPSA) is 216 Å². The molecule has 2 aliphatic heterocycles. The van der Waals surface area contributed by atoms with Crippen LogP contribution in [-0.2, 0) is 18.9 Å². The first-order valence-electron chi connectivity index (χ1n) is 7.69. The molecule has 0 aromatic carbocycles. The maximum absolute atomic E-state index is 10.8. The second kappa shape index (κ2) is 10.4. The lowest BCUT2D eigenvalue weighted by Crippen LogP contribution is -2.65. The van der Waals surface area contributed by atoms with Crippen LogP contribution in [0, 0.1) is 0 Å². The van der Waals surface area contributed by atoms with Crippen LogP contribution in [0.2, 0.25) is 0 Å². The molecule has 0 aromatic rings. The summed E-state index contributed by atoms with van der Waals surface area (Å²) in [7, 11) is 0. The van der Waals surface area contributed by atoms with E-state index in [-0.39, 0.29) is 23.1 Å². The van der Waals surface area contributed by atoms with Crippen LogP contribution in [0.5, 0.6) is 0 Å². The highest BCUT2D eigenvalue weighted by molar-refractivity contribution is 5.75. The molecule has 13 nitrogen and oxygen atoms in total. The summed E-state index contributed by atoms with van der Waals surface area (Å²) >= 11 is 0. The summed E-state index contributed by atoms with van der Waals surface area (Å²) in [4.78, 5) is 10.8.